The number of anilines is 1. The van der Waals surface area contributed by atoms with E-state index >= 15 is 4.39 Å². The van der Waals surface area contributed by atoms with Gasteiger partial charge in [-0.15, -0.1) is 0 Å². The Morgan fingerprint density at radius 3 is 2.30 bits per heavy atom. The highest BCUT2D eigenvalue weighted by Crippen LogP contribution is 2.31. The highest BCUT2D eigenvalue weighted by atomic mass is 19.4. The first-order valence-corrected chi connectivity index (χ1v) is 14.0. The first-order chi connectivity index (χ1) is 20.9. The molecule has 232 valence electrons. The number of morpholine rings is 1. The third-order valence-electron chi connectivity index (χ3n) is 7.10. The smallest absolute Gasteiger partial charge is 0.378 e. The van der Waals surface area contributed by atoms with E-state index in [1.54, 1.807) is 29.0 Å². The highest BCUT2D eigenvalue weighted by molar-refractivity contribution is 5.86. The van der Waals surface area contributed by atoms with E-state index in [0.717, 1.165) is 12.1 Å². The lowest BCUT2D eigenvalue weighted by Crippen LogP contribution is -2.36. The predicted octanol–water partition coefficient (Wildman–Crippen LogP) is 7.31. The second-order valence-electron chi connectivity index (χ2n) is 10.7. The fraction of sp³-hybridized carbons (Fsp3) is 0.303. The molecule has 0 saturated carbocycles. The summed E-state index contributed by atoms with van der Waals surface area (Å²) < 4.78 is 67.3. The van der Waals surface area contributed by atoms with Crippen molar-refractivity contribution in [2.24, 2.45) is 0 Å². The molecule has 4 aromatic rings. The van der Waals surface area contributed by atoms with Gasteiger partial charge in [-0.2, -0.15) is 18.2 Å². The third kappa shape index (κ3) is 7.16. The Labute approximate surface area is 252 Å². The van der Waals surface area contributed by atoms with Crippen molar-refractivity contribution in [1.29, 1.82) is 0 Å². The Kier molecular flexibility index (Phi) is 9.88. The lowest BCUT2D eigenvalue weighted by molar-refractivity contribution is -0.137. The number of aromatic nitrogens is 3. The first-order valence-electron chi connectivity index (χ1n) is 14.0. The largest absolute Gasteiger partial charge is 0.416 e. The van der Waals surface area contributed by atoms with E-state index in [1.807, 2.05) is 37.8 Å². The Morgan fingerprint density at radius 1 is 1.05 bits per heavy atom. The molecular formula is C33H34F4N4O3. The summed E-state index contributed by atoms with van der Waals surface area (Å²) in [6, 6.07) is 7.57. The fourth-order valence-electron chi connectivity index (χ4n) is 4.81. The number of fused-ring (bicyclic) bond motifs is 1. The zero-order valence-electron chi connectivity index (χ0n) is 24.8. The topological polar surface area (TPSA) is 73.4 Å². The highest BCUT2D eigenvalue weighted by Gasteiger charge is 2.30. The van der Waals surface area contributed by atoms with Crippen LogP contribution in [0.4, 0.5) is 23.2 Å². The number of nitrogens with zero attached hydrogens (tertiary/aromatic N) is 4. The van der Waals surface area contributed by atoms with Crippen LogP contribution in [0.3, 0.4) is 0 Å². The summed E-state index contributed by atoms with van der Waals surface area (Å²) in [5.74, 6) is -0.228. The number of halogens is 4. The minimum Gasteiger partial charge on any atom is -0.378 e. The van der Waals surface area contributed by atoms with Crippen molar-refractivity contribution in [2.75, 3.05) is 31.2 Å². The number of hydrogen-bond donors (Lipinski definition) is 0. The van der Waals surface area contributed by atoms with Gasteiger partial charge in [-0.05, 0) is 50.6 Å². The Hall–Kier alpha value is -4.51. The number of pyridine rings is 1. The average Bonchev–Trinajstić information content (AvgIpc) is 3.50. The molecule has 1 saturated heterocycles. The van der Waals surface area contributed by atoms with Crippen LogP contribution in [0.15, 0.2) is 89.4 Å². The van der Waals surface area contributed by atoms with Crippen molar-refractivity contribution < 1.29 is 26.8 Å². The maximum absolute atomic E-state index is 15.4. The summed E-state index contributed by atoms with van der Waals surface area (Å²) >= 11 is 0. The molecule has 44 heavy (non-hydrogen) atoms. The van der Waals surface area contributed by atoms with Crippen molar-refractivity contribution in [3.8, 4) is 11.4 Å². The minimum atomic E-state index is -4.46. The van der Waals surface area contributed by atoms with Gasteiger partial charge < -0.3 is 18.7 Å². The summed E-state index contributed by atoms with van der Waals surface area (Å²) in [5, 5.41) is 4.12. The Balaban J connectivity index is 0.00000104. The lowest BCUT2D eigenvalue weighted by atomic mass is 9.93. The molecule has 2 aromatic heterocycles. The molecule has 0 unspecified atom stereocenters. The molecule has 7 nitrogen and oxygen atoms in total. The lowest BCUT2D eigenvalue weighted by Gasteiger charge is -2.29. The number of ether oxygens (including phenoxy) is 1. The van der Waals surface area contributed by atoms with Crippen LogP contribution in [-0.2, 0) is 22.9 Å². The van der Waals surface area contributed by atoms with Gasteiger partial charge in [0, 0.05) is 31.2 Å². The van der Waals surface area contributed by atoms with Gasteiger partial charge in [-0.3, -0.25) is 4.79 Å². The molecule has 0 N–H and O–H groups in total. The molecule has 0 bridgehead atoms. The second-order valence-corrected chi connectivity index (χ2v) is 10.7. The molecule has 0 radical (unpaired) electrons. The summed E-state index contributed by atoms with van der Waals surface area (Å²) in [7, 11) is 0. The van der Waals surface area contributed by atoms with Crippen LogP contribution in [0, 0.1) is 5.82 Å². The molecule has 0 atom stereocenters. The molecule has 0 spiro atoms. The van der Waals surface area contributed by atoms with E-state index in [1.165, 1.54) is 18.2 Å². The van der Waals surface area contributed by atoms with E-state index in [9.17, 15) is 18.0 Å². The van der Waals surface area contributed by atoms with Gasteiger partial charge in [-0.1, -0.05) is 54.8 Å². The molecule has 1 aliphatic rings. The monoisotopic (exact) mass is 610 g/mol. The zero-order chi connectivity index (χ0) is 32.1. The van der Waals surface area contributed by atoms with E-state index in [4.69, 9.17) is 9.26 Å². The number of benzene rings is 2. The number of rotatable bonds is 7. The second kappa shape index (κ2) is 13.4. The van der Waals surface area contributed by atoms with Crippen molar-refractivity contribution in [1.82, 2.24) is 14.7 Å². The Bertz CT molecular complexity index is 1710. The van der Waals surface area contributed by atoms with Gasteiger partial charge in [0.25, 0.3) is 0 Å². The average molecular weight is 611 g/mol. The molecule has 11 heteroatoms. The number of hydrogen-bond acceptors (Lipinski definition) is 6. The fourth-order valence-corrected chi connectivity index (χ4v) is 4.81. The van der Waals surface area contributed by atoms with Crippen molar-refractivity contribution in [3.63, 3.8) is 0 Å². The van der Waals surface area contributed by atoms with Crippen LogP contribution in [-0.4, -0.2) is 41.0 Å². The summed E-state index contributed by atoms with van der Waals surface area (Å²) in [6.07, 6.45) is 4.10. The molecule has 5 rings (SSSR count). The SMILES string of the molecule is C/C=C/C(C)(C)c1nc(-c2cn(Cc3ccc(C(F)(F)F)cc3)c3cc(N4CCOCC4)c(F)cc3c2=O)no1.C=CC=C. The van der Waals surface area contributed by atoms with Gasteiger partial charge in [0.05, 0.1) is 41.0 Å². The van der Waals surface area contributed by atoms with E-state index in [-0.39, 0.29) is 23.3 Å². The van der Waals surface area contributed by atoms with E-state index in [0.29, 0.717) is 49.0 Å². The van der Waals surface area contributed by atoms with Gasteiger partial charge in [0.1, 0.15) is 5.82 Å². The van der Waals surface area contributed by atoms with Crippen LogP contribution in [0.5, 0.6) is 0 Å². The third-order valence-corrected chi connectivity index (χ3v) is 7.10. The van der Waals surface area contributed by atoms with Crippen LogP contribution in [0.25, 0.3) is 22.3 Å². The predicted molar refractivity (Wildman–Crippen MR) is 163 cm³/mol. The summed E-state index contributed by atoms with van der Waals surface area (Å²) in [6.45, 7) is 14.3. The van der Waals surface area contributed by atoms with Gasteiger partial charge in [0.2, 0.25) is 17.1 Å². The standard InChI is InChI=1S/C29H28F4N4O3.C4H6/c1-4-9-28(2,3)27-34-26(35-40-27)21-17-37(16-18-5-7-19(8-6-18)29(31,32)33)23-15-24(36-10-12-39-13-11-36)22(30)14-20(23)25(21)38;1-3-4-2/h4-9,14-15,17H,10-13,16H2,1-3H3;3-4H,1-2H2/b9-4+;. The first kappa shape index (κ1) is 32.4. The van der Waals surface area contributed by atoms with Gasteiger partial charge in [0.15, 0.2) is 0 Å². The summed E-state index contributed by atoms with van der Waals surface area (Å²) in [4.78, 5) is 19.9. The van der Waals surface area contributed by atoms with Crippen molar-refractivity contribution in [2.45, 2.75) is 38.9 Å². The zero-order valence-corrected chi connectivity index (χ0v) is 24.8. The molecule has 3 heterocycles. The van der Waals surface area contributed by atoms with Gasteiger partial charge in [-0.25, -0.2) is 4.39 Å². The quantitative estimate of drug-likeness (QED) is 0.124. The molecular weight excluding hydrogens is 576 g/mol. The molecule has 2 aromatic carbocycles. The molecule has 0 aliphatic carbocycles. The maximum atomic E-state index is 15.4. The maximum Gasteiger partial charge on any atom is 0.416 e. The normalized spacial score (nSPS) is 14.0. The van der Waals surface area contributed by atoms with Gasteiger partial charge >= 0.3 is 6.18 Å². The number of alkyl halides is 3. The van der Waals surface area contributed by atoms with Crippen molar-refractivity contribution in [3.05, 3.63) is 113 Å². The van der Waals surface area contributed by atoms with Crippen molar-refractivity contribution >= 4 is 16.6 Å². The number of allylic oxidation sites excluding steroid dienone is 4. The van der Waals surface area contributed by atoms with Crippen LogP contribution >= 0.6 is 0 Å². The van der Waals surface area contributed by atoms with Crippen LogP contribution in [0.2, 0.25) is 0 Å². The van der Waals surface area contributed by atoms with E-state index in [2.05, 4.69) is 23.3 Å². The Morgan fingerprint density at radius 2 is 1.70 bits per heavy atom. The van der Waals surface area contributed by atoms with E-state index < -0.39 is 28.4 Å². The molecule has 1 fully saturated rings. The minimum absolute atomic E-state index is 0.0401. The molecule has 0 amide bonds. The molecule has 1 aliphatic heterocycles. The summed E-state index contributed by atoms with van der Waals surface area (Å²) in [5.41, 5.74) is -0.444. The van der Waals surface area contributed by atoms with Crippen LogP contribution < -0.4 is 10.3 Å². The van der Waals surface area contributed by atoms with Crippen LogP contribution in [0.1, 0.15) is 37.8 Å².